The number of aryl methyl sites for hydroxylation is 1. The Morgan fingerprint density at radius 2 is 1.82 bits per heavy atom. The van der Waals surface area contributed by atoms with Crippen LogP contribution in [0.3, 0.4) is 0 Å². The second-order valence-corrected chi connectivity index (χ2v) is 6.01. The van der Waals surface area contributed by atoms with Gasteiger partial charge in [-0.25, -0.2) is 0 Å². The lowest BCUT2D eigenvalue weighted by molar-refractivity contribution is -0.127. The highest BCUT2D eigenvalue weighted by molar-refractivity contribution is 9.10. The maximum absolute atomic E-state index is 12.0. The zero-order chi connectivity index (χ0) is 15.8. The monoisotopic (exact) mass is 361 g/mol. The van der Waals surface area contributed by atoms with Crippen molar-refractivity contribution >= 4 is 21.8 Å². The number of benzene rings is 2. The number of amides is 1. The summed E-state index contributed by atoms with van der Waals surface area (Å²) in [6.07, 6.45) is 1.38. The number of nitrogens with one attached hydrogen (secondary N) is 1. The summed E-state index contributed by atoms with van der Waals surface area (Å²) in [7, 11) is 0. The fourth-order valence-corrected chi connectivity index (χ4v) is 2.33. The number of halogens is 1. The van der Waals surface area contributed by atoms with E-state index in [4.69, 9.17) is 4.74 Å². The van der Waals surface area contributed by atoms with Crippen molar-refractivity contribution in [3.63, 3.8) is 0 Å². The molecule has 1 unspecified atom stereocenters. The molecule has 0 saturated carbocycles. The van der Waals surface area contributed by atoms with E-state index in [0.717, 1.165) is 17.3 Å². The molecule has 0 radical (unpaired) electrons. The van der Waals surface area contributed by atoms with Crippen molar-refractivity contribution in [3.8, 4) is 5.75 Å². The predicted octanol–water partition coefficient (Wildman–Crippen LogP) is 3.97. The molecule has 3 nitrogen and oxygen atoms in total. The van der Waals surface area contributed by atoms with E-state index in [1.807, 2.05) is 42.5 Å². The maximum Gasteiger partial charge on any atom is 0.260 e. The Morgan fingerprint density at radius 1 is 1.14 bits per heavy atom. The number of rotatable bonds is 7. The molecule has 4 heteroatoms. The van der Waals surface area contributed by atoms with Crippen LogP contribution >= 0.6 is 15.9 Å². The highest BCUT2D eigenvalue weighted by Gasteiger charge is 2.13. The Labute approximate surface area is 139 Å². The summed E-state index contributed by atoms with van der Waals surface area (Å²) < 4.78 is 6.60. The lowest BCUT2D eigenvalue weighted by atomic mass is 10.1. The topological polar surface area (TPSA) is 38.3 Å². The van der Waals surface area contributed by atoms with E-state index in [1.54, 1.807) is 6.92 Å². The smallest absolute Gasteiger partial charge is 0.260 e. The first-order chi connectivity index (χ1) is 10.6. The van der Waals surface area contributed by atoms with E-state index < -0.39 is 6.10 Å². The van der Waals surface area contributed by atoms with Gasteiger partial charge in [-0.1, -0.05) is 46.3 Å². The third-order valence-electron chi connectivity index (χ3n) is 3.28. The molecular formula is C18H20BrNO2. The van der Waals surface area contributed by atoms with Crippen molar-refractivity contribution < 1.29 is 9.53 Å². The zero-order valence-electron chi connectivity index (χ0n) is 12.6. The molecule has 2 aromatic carbocycles. The molecule has 0 saturated heterocycles. The van der Waals surface area contributed by atoms with Crippen LogP contribution in [0.5, 0.6) is 5.75 Å². The normalized spacial score (nSPS) is 11.7. The molecule has 1 N–H and O–H groups in total. The van der Waals surface area contributed by atoms with E-state index in [2.05, 4.69) is 33.4 Å². The SMILES string of the molecule is CC(Oc1ccc(Br)cc1)C(=O)NCCCc1ccccc1. The van der Waals surface area contributed by atoms with E-state index in [0.29, 0.717) is 12.3 Å². The maximum atomic E-state index is 12.0. The first-order valence-electron chi connectivity index (χ1n) is 7.39. The number of ether oxygens (including phenoxy) is 1. The molecule has 1 amide bonds. The van der Waals surface area contributed by atoms with Gasteiger partial charge < -0.3 is 10.1 Å². The minimum Gasteiger partial charge on any atom is -0.481 e. The van der Waals surface area contributed by atoms with Crippen molar-refractivity contribution in [3.05, 3.63) is 64.6 Å². The van der Waals surface area contributed by atoms with Crippen LogP contribution in [0.25, 0.3) is 0 Å². The molecule has 0 aromatic heterocycles. The van der Waals surface area contributed by atoms with Gasteiger partial charge >= 0.3 is 0 Å². The first-order valence-corrected chi connectivity index (χ1v) is 8.18. The van der Waals surface area contributed by atoms with Gasteiger partial charge in [-0.05, 0) is 49.6 Å². The van der Waals surface area contributed by atoms with Crippen LogP contribution in [0, 0.1) is 0 Å². The van der Waals surface area contributed by atoms with Gasteiger partial charge in [0, 0.05) is 11.0 Å². The summed E-state index contributed by atoms with van der Waals surface area (Å²) in [5, 5.41) is 2.91. The molecular weight excluding hydrogens is 342 g/mol. The third kappa shape index (κ3) is 5.53. The Balaban J connectivity index is 1.69. The summed E-state index contributed by atoms with van der Waals surface area (Å²) in [4.78, 5) is 12.0. The van der Waals surface area contributed by atoms with Gasteiger partial charge in [0.05, 0.1) is 0 Å². The second-order valence-electron chi connectivity index (χ2n) is 5.09. The van der Waals surface area contributed by atoms with Gasteiger partial charge in [0.1, 0.15) is 5.75 Å². The number of hydrogen-bond acceptors (Lipinski definition) is 2. The van der Waals surface area contributed by atoms with E-state index >= 15 is 0 Å². The summed E-state index contributed by atoms with van der Waals surface area (Å²) in [5.41, 5.74) is 1.29. The summed E-state index contributed by atoms with van der Waals surface area (Å²) in [6, 6.07) is 17.7. The molecule has 0 spiro atoms. The van der Waals surface area contributed by atoms with Crippen molar-refractivity contribution in [2.45, 2.75) is 25.9 Å². The highest BCUT2D eigenvalue weighted by Crippen LogP contribution is 2.17. The van der Waals surface area contributed by atoms with Gasteiger partial charge in [0.2, 0.25) is 0 Å². The Kier molecular flexibility index (Phi) is 6.46. The van der Waals surface area contributed by atoms with Crippen LogP contribution in [0.2, 0.25) is 0 Å². The number of hydrogen-bond donors (Lipinski definition) is 1. The van der Waals surface area contributed by atoms with Crippen LogP contribution < -0.4 is 10.1 Å². The van der Waals surface area contributed by atoms with Gasteiger partial charge in [-0.3, -0.25) is 4.79 Å². The standard InChI is InChI=1S/C18H20BrNO2/c1-14(22-17-11-9-16(19)10-12-17)18(21)20-13-5-8-15-6-3-2-4-7-15/h2-4,6-7,9-12,14H,5,8,13H2,1H3,(H,20,21). The summed E-state index contributed by atoms with van der Waals surface area (Å²) in [6.45, 7) is 2.41. The average molecular weight is 362 g/mol. The Morgan fingerprint density at radius 3 is 2.50 bits per heavy atom. The van der Waals surface area contributed by atoms with Crippen molar-refractivity contribution in [2.24, 2.45) is 0 Å². The average Bonchev–Trinajstić information content (AvgIpc) is 2.54. The first kappa shape index (κ1) is 16.6. The van der Waals surface area contributed by atoms with Gasteiger partial charge in [0.15, 0.2) is 6.10 Å². The van der Waals surface area contributed by atoms with Crippen LogP contribution in [0.1, 0.15) is 18.9 Å². The molecule has 0 aliphatic heterocycles. The molecule has 1 atom stereocenters. The van der Waals surface area contributed by atoms with Gasteiger partial charge in [0.25, 0.3) is 5.91 Å². The molecule has 2 rings (SSSR count). The Bertz CT molecular complexity index is 584. The second kappa shape index (κ2) is 8.59. The molecule has 2 aromatic rings. The third-order valence-corrected chi connectivity index (χ3v) is 3.81. The molecule has 22 heavy (non-hydrogen) atoms. The quantitative estimate of drug-likeness (QED) is 0.757. The van der Waals surface area contributed by atoms with Crippen LogP contribution in [0.4, 0.5) is 0 Å². The van der Waals surface area contributed by atoms with Crippen molar-refractivity contribution in [1.29, 1.82) is 0 Å². The van der Waals surface area contributed by atoms with Crippen molar-refractivity contribution in [1.82, 2.24) is 5.32 Å². The van der Waals surface area contributed by atoms with Crippen molar-refractivity contribution in [2.75, 3.05) is 6.54 Å². The van der Waals surface area contributed by atoms with Gasteiger partial charge in [-0.15, -0.1) is 0 Å². The van der Waals surface area contributed by atoms with Gasteiger partial charge in [-0.2, -0.15) is 0 Å². The molecule has 0 bridgehead atoms. The minimum atomic E-state index is -0.502. The summed E-state index contributed by atoms with van der Waals surface area (Å²) >= 11 is 3.37. The van der Waals surface area contributed by atoms with E-state index in [1.165, 1.54) is 5.56 Å². The summed E-state index contributed by atoms with van der Waals surface area (Å²) in [5.74, 6) is 0.603. The Hall–Kier alpha value is -1.81. The van der Waals surface area contributed by atoms with E-state index in [-0.39, 0.29) is 5.91 Å². The van der Waals surface area contributed by atoms with Crippen LogP contribution in [-0.2, 0) is 11.2 Å². The minimum absolute atomic E-state index is 0.0871. The largest absolute Gasteiger partial charge is 0.481 e. The zero-order valence-corrected chi connectivity index (χ0v) is 14.2. The van der Waals surface area contributed by atoms with Crippen LogP contribution in [-0.4, -0.2) is 18.6 Å². The lowest BCUT2D eigenvalue weighted by Gasteiger charge is -2.14. The molecule has 0 aliphatic rings. The van der Waals surface area contributed by atoms with Crippen LogP contribution in [0.15, 0.2) is 59.1 Å². The molecule has 0 aliphatic carbocycles. The fourth-order valence-electron chi connectivity index (χ4n) is 2.06. The number of carbonyl (C=O) groups excluding carboxylic acids is 1. The lowest BCUT2D eigenvalue weighted by Crippen LogP contribution is -2.36. The molecule has 0 fully saturated rings. The number of carbonyl (C=O) groups is 1. The fraction of sp³-hybridized carbons (Fsp3) is 0.278. The molecule has 116 valence electrons. The van der Waals surface area contributed by atoms with E-state index in [9.17, 15) is 4.79 Å². The highest BCUT2D eigenvalue weighted by atomic mass is 79.9. The predicted molar refractivity (Wildman–Crippen MR) is 92.0 cm³/mol. The molecule has 0 heterocycles.